The second-order valence-electron chi connectivity index (χ2n) is 4.88. The van der Waals surface area contributed by atoms with Gasteiger partial charge in [-0.25, -0.2) is 4.39 Å². The van der Waals surface area contributed by atoms with Crippen molar-refractivity contribution in [3.63, 3.8) is 0 Å². The lowest BCUT2D eigenvalue weighted by Crippen LogP contribution is -2.22. The first-order chi connectivity index (χ1) is 9.97. The molecule has 0 aliphatic carbocycles. The van der Waals surface area contributed by atoms with Crippen molar-refractivity contribution in [2.45, 2.75) is 18.9 Å². The fourth-order valence-electron chi connectivity index (χ4n) is 2.39. The van der Waals surface area contributed by atoms with E-state index < -0.39 is 17.8 Å². The van der Waals surface area contributed by atoms with Crippen LogP contribution in [0.1, 0.15) is 28.7 Å². The van der Waals surface area contributed by atoms with Gasteiger partial charge < -0.3 is 10.8 Å². The molecule has 2 nitrogen and oxygen atoms in total. The van der Waals surface area contributed by atoms with Crippen LogP contribution >= 0.6 is 27.5 Å². The van der Waals surface area contributed by atoms with Crippen LogP contribution in [0.2, 0.25) is 5.02 Å². The summed E-state index contributed by atoms with van der Waals surface area (Å²) >= 11 is 9.25. The van der Waals surface area contributed by atoms with Gasteiger partial charge in [0.25, 0.3) is 0 Å². The lowest BCUT2D eigenvalue weighted by molar-refractivity contribution is 0.145. The summed E-state index contributed by atoms with van der Waals surface area (Å²) in [5.74, 6) is -1.09. The minimum absolute atomic E-state index is 0.0316. The highest BCUT2D eigenvalue weighted by atomic mass is 79.9. The van der Waals surface area contributed by atoms with Gasteiger partial charge in [-0.05, 0) is 35.7 Å². The van der Waals surface area contributed by atoms with Gasteiger partial charge in [-0.1, -0.05) is 51.8 Å². The molecule has 112 valence electrons. The molecule has 3 N–H and O–H groups in total. The van der Waals surface area contributed by atoms with Gasteiger partial charge >= 0.3 is 0 Å². The van der Waals surface area contributed by atoms with Crippen molar-refractivity contribution < 1.29 is 9.50 Å². The summed E-state index contributed by atoms with van der Waals surface area (Å²) in [4.78, 5) is 0. The molecule has 2 rings (SSSR count). The Morgan fingerprint density at radius 3 is 2.52 bits per heavy atom. The number of aliphatic hydroxyl groups is 1. The topological polar surface area (TPSA) is 46.2 Å². The summed E-state index contributed by atoms with van der Waals surface area (Å²) in [7, 11) is 0. The Morgan fingerprint density at radius 1 is 1.24 bits per heavy atom. The monoisotopic (exact) mass is 371 g/mol. The molecule has 0 heterocycles. The summed E-state index contributed by atoms with van der Waals surface area (Å²) in [5.41, 5.74) is 7.73. The molecule has 0 fully saturated rings. The van der Waals surface area contributed by atoms with Crippen molar-refractivity contribution in [2.75, 3.05) is 6.54 Å². The molecule has 2 unspecified atom stereocenters. The second-order valence-corrected chi connectivity index (χ2v) is 6.15. The van der Waals surface area contributed by atoms with Gasteiger partial charge in [-0.2, -0.15) is 0 Å². The predicted molar refractivity (Wildman–Crippen MR) is 87.0 cm³/mol. The fourth-order valence-corrected chi connectivity index (χ4v) is 2.96. The lowest BCUT2D eigenvalue weighted by Gasteiger charge is -2.24. The number of nitrogens with two attached hydrogens (primary N) is 1. The summed E-state index contributed by atoms with van der Waals surface area (Å²) in [6, 6.07) is 10.3. The quantitative estimate of drug-likeness (QED) is 0.839. The Hall–Kier alpha value is -0.940. The third-order valence-electron chi connectivity index (χ3n) is 3.64. The van der Waals surface area contributed by atoms with E-state index in [0.29, 0.717) is 5.56 Å². The maximum atomic E-state index is 14.2. The van der Waals surface area contributed by atoms with Crippen molar-refractivity contribution in [1.82, 2.24) is 0 Å². The van der Waals surface area contributed by atoms with E-state index in [2.05, 4.69) is 15.9 Å². The van der Waals surface area contributed by atoms with Gasteiger partial charge in [-0.3, -0.25) is 0 Å². The van der Waals surface area contributed by atoms with Crippen molar-refractivity contribution in [3.05, 3.63) is 68.4 Å². The molecule has 0 bridgehead atoms. The van der Waals surface area contributed by atoms with Crippen LogP contribution in [-0.4, -0.2) is 11.7 Å². The van der Waals surface area contributed by atoms with Crippen LogP contribution < -0.4 is 5.73 Å². The molecule has 2 aromatic rings. The van der Waals surface area contributed by atoms with Crippen LogP contribution in [0, 0.1) is 12.7 Å². The number of rotatable bonds is 4. The third-order valence-corrected chi connectivity index (χ3v) is 4.80. The first-order valence-corrected chi connectivity index (χ1v) is 7.71. The summed E-state index contributed by atoms with van der Waals surface area (Å²) in [6.07, 6.45) is -0.902. The van der Waals surface area contributed by atoms with Gasteiger partial charge in [-0.15, -0.1) is 0 Å². The van der Waals surface area contributed by atoms with Crippen LogP contribution in [0.5, 0.6) is 0 Å². The fraction of sp³-hybridized carbons (Fsp3) is 0.250. The molecular weight excluding hydrogens is 357 g/mol. The molecule has 0 radical (unpaired) electrons. The number of halogens is 3. The second kappa shape index (κ2) is 6.88. The molecule has 0 aromatic heterocycles. The Morgan fingerprint density at radius 2 is 1.86 bits per heavy atom. The minimum atomic E-state index is -0.902. The molecule has 21 heavy (non-hydrogen) atoms. The highest BCUT2D eigenvalue weighted by Crippen LogP contribution is 2.36. The Labute approximate surface area is 136 Å². The molecular formula is C16H16BrClFNO. The summed E-state index contributed by atoms with van der Waals surface area (Å²) < 4.78 is 15.1. The van der Waals surface area contributed by atoms with Gasteiger partial charge in [0.15, 0.2) is 0 Å². The van der Waals surface area contributed by atoms with Crippen molar-refractivity contribution in [1.29, 1.82) is 0 Å². The van der Waals surface area contributed by atoms with Crippen molar-refractivity contribution in [3.8, 4) is 0 Å². The van der Waals surface area contributed by atoms with E-state index in [1.807, 2.05) is 25.1 Å². The van der Waals surface area contributed by atoms with E-state index >= 15 is 0 Å². The standard InChI is InChI=1S/C16H16BrClFNO/c1-9-10(4-2-6-13(9)17)16(21)12(8-20)11-5-3-7-14(18)15(11)19/h2-7,12,16,21H,8,20H2,1H3. The Bertz CT molecular complexity index is 650. The summed E-state index contributed by atoms with van der Waals surface area (Å²) in [6.45, 7) is 2.01. The normalized spacial score (nSPS) is 14.0. The lowest BCUT2D eigenvalue weighted by atomic mass is 9.87. The average molecular weight is 373 g/mol. The number of hydrogen-bond donors (Lipinski definition) is 2. The van der Waals surface area contributed by atoms with Gasteiger partial charge in [0.05, 0.1) is 11.1 Å². The zero-order valence-corrected chi connectivity index (χ0v) is 13.8. The number of benzene rings is 2. The Kier molecular flexibility index (Phi) is 5.38. The maximum absolute atomic E-state index is 14.2. The molecule has 2 atom stereocenters. The van der Waals surface area contributed by atoms with Gasteiger partial charge in [0.1, 0.15) is 5.82 Å². The van der Waals surface area contributed by atoms with E-state index in [9.17, 15) is 9.50 Å². The number of aliphatic hydroxyl groups excluding tert-OH is 1. The highest BCUT2D eigenvalue weighted by molar-refractivity contribution is 9.10. The van der Waals surface area contributed by atoms with Gasteiger partial charge in [0, 0.05) is 16.9 Å². The molecule has 2 aromatic carbocycles. The van der Waals surface area contributed by atoms with Crippen LogP contribution in [-0.2, 0) is 0 Å². The zero-order valence-electron chi connectivity index (χ0n) is 11.5. The third kappa shape index (κ3) is 3.29. The van der Waals surface area contributed by atoms with Crippen LogP contribution in [0.3, 0.4) is 0 Å². The average Bonchev–Trinajstić information content (AvgIpc) is 2.47. The number of hydrogen-bond acceptors (Lipinski definition) is 2. The van der Waals surface area contributed by atoms with E-state index in [0.717, 1.165) is 15.6 Å². The molecule has 0 saturated heterocycles. The molecule has 0 amide bonds. The summed E-state index contributed by atoms with van der Waals surface area (Å²) in [5, 5.41) is 10.7. The molecule has 5 heteroatoms. The minimum Gasteiger partial charge on any atom is -0.388 e. The molecule has 0 aliphatic rings. The van der Waals surface area contributed by atoms with E-state index in [4.69, 9.17) is 17.3 Å². The first kappa shape index (κ1) is 16.4. The van der Waals surface area contributed by atoms with Crippen LogP contribution in [0.4, 0.5) is 4.39 Å². The molecule has 0 aliphatic heterocycles. The molecule has 0 spiro atoms. The SMILES string of the molecule is Cc1c(Br)cccc1C(O)C(CN)c1cccc(Cl)c1F. The van der Waals surface area contributed by atoms with E-state index in [1.165, 1.54) is 6.07 Å². The largest absolute Gasteiger partial charge is 0.388 e. The van der Waals surface area contributed by atoms with Crippen molar-refractivity contribution >= 4 is 27.5 Å². The van der Waals surface area contributed by atoms with Gasteiger partial charge in [0.2, 0.25) is 0 Å². The zero-order chi connectivity index (χ0) is 15.6. The smallest absolute Gasteiger partial charge is 0.145 e. The Balaban J connectivity index is 2.46. The van der Waals surface area contributed by atoms with Crippen LogP contribution in [0.15, 0.2) is 40.9 Å². The maximum Gasteiger partial charge on any atom is 0.145 e. The highest BCUT2D eigenvalue weighted by Gasteiger charge is 2.26. The predicted octanol–water partition coefficient (Wildman–Crippen LogP) is 4.33. The van der Waals surface area contributed by atoms with Crippen molar-refractivity contribution in [2.24, 2.45) is 5.73 Å². The molecule has 0 saturated carbocycles. The van der Waals surface area contributed by atoms with E-state index in [-0.39, 0.29) is 11.6 Å². The van der Waals surface area contributed by atoms with E-state index in [1.54, 1.807) is 12.1 Å². The van der Waals surface area contributed by atoms with Crippen LogP contribution in [0.25, 0.3) is 0 Å². The first-order valence-electron chi connectivity index (χ1n) is 6.54.